The predicted molar refractivity (Wildman–Crippen MR) is 100 cm³/mol. The van der Waals surface area contributed by atoms with Gasteiger partial charge >= 0.3 is 0 Å². The van der Waals surface area contributed by atoms with Crippen LogP contribution in [0.15, 0.2) is 66.2 Å². The second kappa shape index (κ2) is 8.30. The number of halogens is 1. The van der Waals surface area contributed by atoms with E-state index in [9.17, 15) is 4.39 Å². The molecule has 2 atom stereocenters. The van der Waals surface area contributed by atoms with Crippen LogP contribution in [0.5, 0.6) is 5.75 Å². The van der Waals surface area contributed by atoms with E-state index in [1.54, 1.807) is 12.1 Å². The summed E-state index contributed by atoms with van der Waals surface area (Å²) in [5, 5.41) is 0. The molecule has 0 aromatic heterocycles. The van der Waals surface area contributed by atoms with Crippen LogP contribution in [0.4, 0.5) is 4.39 Å². The summed E-state index contributed by atoms with van der Waals surface area (Å²) in [6.45, 7) is 7.24. The fourth-order valence-corrected chi connectivity index (χ4v) is 3.32. The van der Waals surface area contributed by atoms with Crippen molar-refractivity contribution in [1.29, 1.82) is 0 Å². The lowest BCUT2D eigenvalue weighted by Crippen LogP contribution is -2.44. The van der Waals surface area contributed by atoms with Gasteiger partial charge in [0.25, 0.3) is 0 Å². The van der Waals surface area contributed by atoms with Crippen molar-refractivity contribution in [3.8, 4) is 5.75 Å². The first kappa shape index (κ1) is 17.7. The number of benzene rings is 2. The number of rotatable bonds is 5. The summed E-state index contributed by atoms with van der Waals surface area (Å²) in [6, 6.07) is 16.9. The Bertz CT molecular complexity index is 692. The molecule has 0 spiro atoms. The van der Waals surface area contributed by atoms with Gasteiger partial charge in [-0.05, 0) is 50.1 Å². The van der Waals surface area contributed by atoms with Crippen molar-refractivity contribution in [2.24, 2.45) is 0 Å². The van der Waals surface area contributed by atoms with Crippen molar-refractivity contribution in [2.75, 3.05) is 19.6 Å². The van der Waals surface area contributed by atoms with Crippen molar-refractivity contribution in [2.45, 2.75) is 32.3 Å². The van der Waals surface area contributed by atoms with Crippen LogP contribution < -0.4 is 4.74 Å². The predicted octanol–water partition coefficient (Wildman–Crippen LogP) is 5.03. The van der Waals surface area contributed by atoms with Crippen LogP contribution in [0.25, 0.3) is 0 Å². The van der Waals surface area contributed by atoms with E-state index in [0.29, 0.717) is 5.92 Å². The van der Waals surface area contributed by atoms with E-state index < -0.39 is 0 Å². The van der Waals surface area contributed by atoms with Crippen LogP contribution >= 0.6 is 0 Å². The number of hydrogen-bond acceptors (Lipinski definition) is 2. The number of likely N-dealkylation sites (tertiary alicyclic amines) is 1. The maximum Gasteiger partial charge on any atom is 0.123 e. The van der Waals surface area contributed by atoms with E-state index in [1.807, 2.05) is 6.07 Å². The fraction of sp³-hybridized carbons (Fsp3) is 0.364. The summed E-state index contributed by atoms with van der Waals surface area (Å²) >= 11 is 0. The van der Waals surface area contributed by atoms with E-state index in [-0.39, 0.29) is 11.9 Å². The number of hydrogen-bond donors (Lipinski definition) is 0. The van der Waals surface area contributed by atoms with Gasteiger partial charge in [0.15, 0.2) is 0 Å². The van der Waals surface area contributed by atoms with E-state index in [2.05, 4.69) is 49.1 Å². The van der Waals surface area contributed by atoms with Gasteiger partial charge in [-0.3, -0.25) is 4.90 Å². The normalized spacial score (nSPS) is 20.9. The van der Waals surface area contributed by atoms with Crippen molar-refractivity contribution < 1.29 is 9.13 Å². The minimum atomic E-state index is -0.233. The molecule has 0 bridgehead atoms. The van der Waals surface area contributed by atoms with Gasteiger partial charge in [0.05, 0.1) is 0 Å². The molecule has 0 saturated carbocycles. The van der Waals surface area contributed by atoms with Crippen LogP contribution in [0.2, 0.25) is 0 Å². The molecule has 0 radical (unpaired) electrons. The second-order valence-electron chi connectivity index (χ2n) is 6.96. The molecule has 2 nitrogen and oxygen atoms in total. The Kier molecular flexibility index (Phi) is 5.87. The molecule has 1 aliphatic heterocycles. The molecule has 1 heterocycles. The monoisotopic (exact) mass is 339 g/mol. The Balaban J connectivity index is 1.76. The van der Waals surface area contributed by atoms with Crippen molar-refractivity contribution >= 4 is 0 Å². The standard InChI is InChI=1S/C22H26FNO/c1-17(2)12-14-24-15-13-22(25-20-10-8-19(23)9-11-20)21(16-24)18-6-4-3-5-7-18/h3-12,21-22H,13-16H2,1-2H3/t21-,22+/m1/s1. The number of piperidine rings is 1. The summed E-state index contributed by atoms with van der Waals surface area (Å²) < 4.78 is 19.4. The molecule has 0 unspecified atom stereocenters. The third kappa shape index (κ3) is 4.93. The van der Waals surface area contributed by atoms with Crippen LogP contribution in [-0.2, 0) is 0 Å². The van der Waals surface area contributed by atoms with Crippen LogP contribution in [0.3, 0.4) is 0 Å². The maximum atomic E-state index is 13.1. The third-order valence-corrected chi connectivity index (χ3v) is 4.72. The quantitative estimate of drug-likeness (QED) is 0.709. The molecule has 3 rings (SSSR count). The highest BCUT2D eigenvalue weighted by atomic mass is 19.1. The molecule has 3 heteroatoms. The molecule has 0 N–H and O–H groups in total. The first-order valence-corrected chi connectivity index (χ1v) is 8.94. The zero-order chi connectivity index (χ0) is 17.6. The van der Waals surface area contributed by atoms with Crippen molar-refractivity contribution in [3.05, 3.63) is 77.6 Å². The summed E-state index contributed by atoms with van der Waals surface area (Å²) in [7, 11) is 0. The molecule has 2 aromatic carbocycles. The zero-order valence-corrected chi connectivity index (χ0v) is 15.0. The van der Waals surface area contributed by atoms with E-state index in [1.165, 1.54) is 23.3 Å². The summed E-state index contributed by atoms with van der Waals surface area (Å²) in [6.07, 6.45) is 3.35. The molecular formula is C22H26FNO. The highest BCUT2D eigenvalue weighted by molar-refractivity contribution is 5.26. The lowest BCUT2D eigenvalue weighted by atomic mass is 9.87. The second-order valence-corrected chi connectivity index (χ2v) is 6.96. The van der Waals surface area contributed by atoms with E-state index in [4.69, 9.17) is 4.74 Å². The van der Waals surface area contributed by atoms with Gasteiger partial charge in [-0.25, -0.2) is 4.39 Å². The first-order chi connectivity index (χ1) is 12.1. The van der Waals surface area contributed by atoms with Crippen LogP contribution in [0, 0.1) is 5.82 Å². The Morgan fingerprint density at radius 1 is 1.12 bits per heavy atom. The molecule has 25 heavy (non-hydrogen) atoms. The van der Waals surface area contributed by atoms with Gasteiger partial charge in [-0.2, -0.15) is 0 Å². The van der Waals surface area contributed by atoms with Gasteiger partial charge in [0, 0.05) is 25.6 Å². The summed E-state index contributed by atoms with van der Waals surface area (Å²) in [4.78, 5) is 2.48. The molecule has 1 aliphatic rings. The first-order valence-electron chi connectivity index (χ1n) is 8.94. The number of nitrogens with zero attached hydrogens (tertiary/aromatic N) is 1. The molecule has 0 amide bonds. The lowest BCUT2D eigenvalue weighted by molar-refractivity contribution is 0.0833. The van der Waals surface area contributed by atoms with Gasteiger partial charge in [0.2, 0.25) is 0 Å². The van der Waals surface area contributed by atoms with E-state index >= 15 is 0 Å². The number of allylic oxidation sites excluding steroid dienone is 1. The molecule has 132 valence electrons. The SMILES string of the molecule is CC(C)=CCN1CC[C@H](Oc2ccc(F)cc2)[C@@H](c2ccccc2)C1. The topological polar surface area (TPSA) is 12.5 Å². The molecule has 2 aromatic rings. The zero-order valence-electron chi connectivity index (χ0n) is 15.0. The highest BCUT2D eigenvalue weighted by Crippen LogP contribution is 2.31. The minimum absolute atomic E-state index is 0.107. The van der Waals surface area contributed by atoms with Gasteiger partial charge in [-0.1, -0.05) is 42.0 Å². The molecular weight excluding hydrogens is 313 g/mol. The Labute approximate surface area is 149 Å². The minimum Gasteiger partial charge on any atom is -0.490 e. The molecule has 1 fully saturated rings. The van der Waals surface area contributed by atoms with Crippen molar-refractivity contribution in [1.82, 2.24) is 4.90 Å². The Hall–Kier alpha value is -2.13. The third-order valence-electron chi connectivity index (χ3n) is 4.72. The summed E-state index contributed by atoms with van der Waals surface area (Å²) in [5.74, 6) is 0.819. The van der Waals surface area contributed by atoms with E-state index in [0.717, 1.165) is 31.8 Å². The largest absolute Gasteiger partial charge is 0.490 e. The van der Waals surface area contributed by atoms with Crippen LogP contribution in [-0.4, -0.2) is 30.6 Å². The molecule has 1 saturated heterocycles. The number of ether oxygens (including phenoxy) is 1. The van der Waals surface area contributed by atoms with Crippen LogP contribution in [0.1, 0.15) is 31.7 Å². The Morgan fingerprint density at radius 2 is 1.84 bits per heavy atom. The Morgan fingerprint density at radius 3 is 2.52 bits per heavy atom. The summed E-state index contributed by atoms with van der Waals surface area (Å²) in [5.41, 5.74) is 2.65. The van der Waals surface area contributed by atoms with Gasteiger partial charge < -0.3 is 4.74 Å². The fourth-order valence-electron chi connectivity index (χ4n) is 3.32. The highest BCUT2D eigenvalue weighted by Gasteiger charge is 2.31. The van der Waals surface area contributed by atoms with Gasteiger partial charge in [-0.15, -0.1) is 0 Å². The smallest absolute Gasteiger partial charge is 0.123 e. The average molecular weight is 339 g/mol. The van der Waals surface area contributed by atoms with Gasteiger partial charge in [0.1, 0.15) is 17.7 Å². The van der Waals surface area contributed by atoms with Crippen molar-refractivity contribution in [3.63, 3.8) is 0 Å². The average Bonchev–Trinajstić information content (AvgIpc) is 2.63. The lowest BCUT2D eigenvalue weighted by Gasteiger charge is -2.38. The molecule has 0 aliphatic carbocycles. The maximum absolute atomic E-state index is 13.1.